The summed E-state index contributed by atoms with van der Waals surface area (Å²) in [6.07, 6.45) is -4.76. The molecule has 3 heterocycles. The van der Waals surface area contributed by atoms with Crippen LogP contribution in [-0.2, 0) is 32.2 Å². The third kappa shape index (κ3) is 6.33. The molecule has 2 saturated heterocycles. The van der Waals surface area contributed by atoms with E-state index in [1.807, 2.05) is 30.3 Å². The number of likely N-dealkylation sites (tertiary alicyclic amines) is 1. The Morgan fingerprint density at radius 1 is 1.05 bits per heavy atom. The summed E-state index contributed by atoms with van der Waals surface area (Å²) in [6, 6.07) is 13.4. The summed E-state index contributed by atoms with van der Waals surface area (Å²) in [7, 11) is -4.55. The van der Waals surface area contributed by atoms with Crippen molar-refractivity contribution in [1.29, 1.82) is 0 Å². The van der Waals surface area contributed by atoms with Gasteiger partial charge in [0.05, 0.1) is 27.4 Å². The van der Waals surface area contributed by atoms with Gasteiger partial charge >= 0.3 is 18.2 Å². The van der Waals surface area contributed by atoms with Crippen LogP contribution in [0.2, 0.25) is 0 Å². The maximum Gasteiger partial charge on any atom is 0.417 e. The Kier molecular flexibility index (Phi) is 8.41. The second kappa shape index (κ2) is 11.9. The molecular formula is C29H31F3N4O6S. The van der Waals surface area contributed by atoms with E-state index in [1.165, 1.54) is 11.0 Å². The van der Waals surface area contributed by atoms with Crippen molar-refractivity contribution >= 4 is 27.7 Å². The number of aryl methyl sites for hydroxylation is 1. The Hall–Kier alpha value is -4.07. The smallest absolute Gasteiger partial charge is 0.417 e. The fourth-order valence-corrected chi connectivity index (χ4v) is 7.64. The van der Waals surface area contributed by atoms with Crippen molar-refractivity contribution in [3.8, 4) is 0 Å². The maximum atomic E-state index is 13.7. The van der Waals surface area contributed by atoms with Gasteiger partial charge in [-0.05, 0) is 43.9 Å². The predicted octanol–water partition coefficient (Wildman–Crippen LogP) is 4.69. The SMILES string of the molecule is Cc1cc(N2C[C@H](S(=O)(=O)c3ccccc3C(F)(F)F)C[C@H]2C(=O)O)n(C2CCN(C(=O)OCc3ccccc3)CC2)n1. The van der Waals surface area contributed by atoms with Crippen LogP contribution in [0.3, 0.4) is 0 Å². The van der Waals surface area contributed by atoms with Crippen LogP contribution >= 0.6 is 0 Å². The summed E-state index contributed by atoms with van der Waals surface area (Å²) >= 11 is 0. The van der Waals surface area contributed by atoms with Gasteiger partial charge < -0.3 is 19.6 Å². The molecule has 1 N–H and O–H groups in total. The van der Waals surface area contributed by atoms with Crippen LogP contribution in [0.4, 0.5) is 23.8 Å². The van der Waals surface area contributed by atoms with Gasteiger partial charge in [-0.1, -0.05) is 42.5 Å². The third-order valence-corrected chi connectivity index (χ3v) is 10.1. The molecule has 2 aliphatic rings. The number of carboxylic acids is 1. The van der Waals surface area contributed by atoms with Crippen LogP contribution in [0, 0.1) is 6.92 Å². The number of carbonyl (C=O) groups is 2. The standard InChI is InChI=1S/C29H31F3N4O6S/c1-19-15-26(36(33-19)21-11-13-34(14-12-21)28(39)42-18-20-7-3-2-4-8-20)35-17-22(16-24(35)27(37)38)43(40,41)25-10-6-5-9-23(25)29(30,31)32/h2-10,15,21-22,24H,11-14,16-18H2,1H3,(H,37,38)/t22-,24+/m1/s1. The molecule has 230 valence electrons. The van der Waals surface area contributed by atoms with Crippen molar-refractivity contribution in [3.63, 3.8) is 0 Å². The Morgan fingerprint density at radius 2 is 1.70 bits per heavy atom. The van der Waals surface area contributed by atoms with E-state index in [9.17, 15) is 36.3 Å². The van der Waals surface area contributed by atoms with Gasteiger partial charge in [-0.25, -0.2) is 22.7 Å². The number of benzene rings is 2. The lowest BCUT2D eigenvalue weighted by Crippen LogP contribution is -2.41. The lowest BCUT2D eigenvalue weighted by Gasteiger charge is -2.34. The highest BCUT2D eigenvalue weighted by atomic mass is 32.2. The van der Waals surface area contributed by atoms with Crippen LogP contribution in [0.25, 0.3) is 0 Å². The Bertz CT molecular complexity index is 1590. The number of alkyl halides is 3. The van der Waals surface area contributed by atoms with E-state index in [2.05, 4.69) is 5.10 Å². The molecule has 43 heavy (non-hydrogen) atoms. The normalized spacial score (nSPS) is 19.9. The first-order chi connectivity index (χ1) is 20.4. The average Bonchev–Trinajstić information content (AvgIpc) is 3.61. The molecule has 0 unspecified atom stereocenters. The highest BCUT2D eigenvalue weighted by Gasteiger charge is 2.47. The largest absolute Gasteiger partial charge is 0.480 e. The molecule has 5 rings (SSSR count). The minimum absolute atomic E-state index is 0.144. The monoisotopic (exact) mass is 620 g/mol. The Morgan fingerprint density at radius 3 is 2.35 bits per heavy atom. The topological polar surface area (TPSA) is 122 Å². The van der Waals surface area contributed by atoms with Crippen LogP contribution in [-0.4, -0.2) is 71.2 Å². The predicted molar refractivity (Wildman–Crippen MR) is 149 cm³/mol. The summed E-state index contributed by atoms with van der Waals surface area (Å²) in [5, 5.41) is 13.2. The number of hydrogen-bond acceptors (Lipinski definition) is 7. The number of rotatable bonds is 7. The van der Waals surface area contributed by atoms with E-state index in [0.29, 0.717) is 43.5 Å². The number of anilines is 1. The summed E-state index contributed by atoms with van der Waals surface area (Å²) in [4.78, 5) is 27.0. The van der Waals surface area contributed by atoms with Crippen LogP contribution in [0.5, 0.6) is 0 Å². The molecule has 1 amide bonds. The van der Waals surface area contributed by atoms with Crippen molar-refractivity contribution in [2.75, 3.05) is 24.5 Å². The van der Waals surface area contributed by atoms with Gasteiger partial charge in [-0.2, -0.15) is 18.3 Å². The Labute approximate surface area is 246 Å². The zero-order valence-corrected chi connectivity index (χ0v) is 24.1. The summed E-state index contributed by atoms with van der Waals surface area (Å²) in [5.41, 5.74) is 0.149. The lowest BCUT2D eigenvalue weighted by molar-refractivity contribution is -0.140. The number of piperidine rings is 1. The second-order valence-electron chi connectivity index (χ2n) is 10.7. The first kappa shape index (κ1) is 30.4. The molecule has 0 bridgehead atoms. The number of aliphatic carboxylic acids is 1. The van der Waals surface area contributed by atoms with Gasteiger partial charge in [-0.15, -0.1) is 0 Å². The van der Waals surface area contributed by atoms with Crippen molar-refractivity contribution in [2.45, 2.75) is 61.2 Å². The molecule has 2 fully saturated rings. The molecule has 2 aromatic carbocycles. The number of aromatic nitrogens is 2. The summed E-state index contributed by atoms with van der Waals surface area (Å²) in [6.45, 7) is 2.27. The van der Waals surface area contributed by atoms with Crippen molar-refractivity contribution in [2.24, 2.45) is 0 Å². The molecule has 2 aliphatic heterocycles. The van der Waals surface area contributed by atoms with E-state index in [1.54, 1.807) is 22.6 Å². The first-order valence-corrected chi connectivity index (χ1v) is 15.3. The average molecular weight is 621 g/mol. The van der Waals surface area contributed by atoms with E-state index >= 15 is 0 Å². The van der Waals surface area contributed by atoms with E-state index in [4.69, 9.17) is 4.74 Å². The van der Waals surface area contributed by atoms with Gasteiger partial charge in [0.25, 0.3) is 0 Å². The van der Waals surface area contributed by atoms with Crippen molar-refractivity contribution in [3.05, 3.63) is 77.5 Å². The summed E-state index contributed by atoms with van der Waals surface area (Å²) in [5.74, 6) is -0.917. The zero-order valence-electron chi connectivity index (χ0n) is 23.3. The highest BCUT2D eigenvalue weighted by Crippen LogP contribution is 2.39. The minimum Gasteiger partial charge on any atom is -0.480 e. The van der Waals surface area contributed by atoms with Crippen LogP contribution in [0.15, 0.2) is 65.6 Å². The van der Waals surface area contributed by atoms with E-state index < -0.39 is 49.8 Å². The molecule has 1 aromatic heterocycles. The fourth-order valence-electron chi connectivity index (χ4n) is 5.73. The number of amides is 1. The Balaban J connectivity index is 1.33. The highest BCUT2D eigenvalue weighted by molar-refractivity contribution is 7.92. The number of sulfone groups is 1. The van der Waals surface area contributed by atoms with Crippen LogP contribution in [0.1, 0.15) is 42.1 Å². The number of hydrogen-bond donors (Lipinski definition) is 1. The number of carboxylic acid groups (broad SMARTS) is 1. The lowest BCUT2D eigenvalue weighted by atomic mass is 10.1. The molecule has 3 aromatic rings. The molecule has 0 spiro atoms. The molecule has 10 nitrogen and oxygen atoms in total. The number of carbonyl (C=O) groups excluding carboxylic acids is 1. The number of nitrogens with zero attached hydrogens (tertiary/aromatic N) is 4. The van der Waals surface area contributed by atoms with Crippen molar-refractivity contribution in [1.82, 2.24) is 14.7 Å². The first-order valence-electron chi connectivity index (χ1n) is 13.8. The fraction of sp³-hybridized carbons (Fsp3) is 0.414. The third-order valence-electron chi connectivity index (χ3n) is 7.89. The molecule has 14 heteroatoms. The molecule has 2 atom stereocenters. The van der Waals surface area contributed by atoms with Crippen molar-refractivity contribution < 1.29 is 41.0 Å². The summed E-state index contributed by atoms with van der Waals surface area (Å²) < 4.78 is 75.0. The molecule has 0 radical (unpaired) electrons. The zero-order chi connectivity index (χ0) is 30.9. The van der Waals surface area contributed by atoms with Gasteiger partial charge in [0.15, 0.2) is 9.84 Å². The van der Waals surface area contributed by atoms with E-state index in [0.717, 1.165) is 17.7 Å². The van der Waals surface area contributed by atoms with Crippen LogP contribution < -0.4 is 4.90 Å². The minimum atomic E-state index is -4.90. The van der Waals surface area contributed by atoms with Gasteiger partial charge in [0, 0.05) is 25.7 Å². The number of ether oxygens (including phenoxy) is 1. The molecule has 0 saturated carbocycles. The number of halogens is 3. The maximum absolute atomic E-state index is 13.7. The van der Waals surface area contributed by atoms with Gasteiger partial charge in [0.2, 0.25) is 0 Å². The van der Waals surface area contributed by atoms with Gasteiger partial charge in [-0.3, -0.25) is 0 Å². The van der Waals surface area contributed by atoms with Gasteiger partial charge in [0.1, 0.15) is 18.5 Å². The second-order valence-corrected chi connectivity index (χ2v) is 12.9. The molecular weight excluding hydrogens is 589 g/mol. The quantitative estimate of drug-likeness (QED) is 0.404. The molecule has 0 aliphatic carbocycles. The van der Waals surface area contributed by atoms with E-state index in [-0.39, 0.29) is 25.6 Å².